The number of ether oxygens (including phenoxy) is 2. The van der Waals surface area contributed by atoms with Crippen molar-refractivity contribution in [1.29, 1.82) is 0 Å². The highest BCUT2D eigenvalue weighted by molar-refractivity contribution is 6.43. The number of unbranched alkanes of at least 4 members (excludes halogenated alkanes) is 1. The summed E-state index contributed by atoms with van der Waals surface area (Å²) in [5.41, 5.74) is 0.912. The Hall–Kier alpha value is -2.74. The first-order chi connectivity index (χ1) is 19.1. The highest BCUT2D eigenvalue weighted by atomic mass is 35.5. The Kier molecular flexibility index (Phi) is 8.37. The van der Waals surface area contributed by atoms with E-state index in [9.17, 15) is 9.59 Å². The van der Waals surface area contributed by atoms with E-state index in [0.29, 0.717) is 27.9 Å². The van der Waals surface area contributed by atoms with Gasteiger partial charge in [0.25, 0.3) is 5.56 Å². The zero-order chi connectivity index (χ0) is 28.5. The molecule has 1 unspecified atom stereocenters. The van der Waals surface area contributed by atoms with Crippen LogP contribution in [0.2, 0.25) is 10.0 Å². The largest absolute Gasteiger partial charge is 0.494 e. The normalized spacial score (nSPS) is 20.5. The maximum absolute atomic E-state index is 12.7. The van der Waals surface area contributed by atoms with Gasteiger partial charge in [0.2, 0.25) is 0 Å². The summed E-state index contributed by atoms with van der Waals surface area (Å²) in [6, 6.07) is 14.8. The van der Waals surface area contributed by atoms with Crippen molar-refractivity contribution >= 4 is 45.8 Å². The second-order valence-corrected chi connectivity index (χ2v) is 12.5. The first-order valence-electron chi connectivity index (χ1n) is 13.9. The van der Waals surface area contributed by atoms with Crippen LogP contribution in [0.5, 0.6) is 5.75 Å². The lowest BCUT2D eigenvalue weighted by atomic mass is 9.99. The fraction of sp³-hybridized carbons (Fsp3) is 0.484. The Bertz CT molecular complexity index is 1450. The minimum atomic E-state index is -0.493. The highest BCUT2D eigenvalue weighted by Crippen LogP contribution is 2.63. The monoisotopic (exact) mass is 585 g/mol. The van der Waals surface area contributed by atoms with Gasteiger partial charge in [-0.2, -0.15) is 0 Å². The summed E-state index contributed by atoms with van der Waals surface area (Å²) >= 11 is 12.6. The number of carbonyl (C=O) groups is 1. The van der Waals surface area contributed by atoms with E-state index in [-0.39, 0.29) is 23.7 Å². The molecule has 3 aromatic rings. The number of hydrogen-bond donors (Lipinski definition) is 0. The van der Waals surface area contributed by atoms with E-state index in [2.05, 4.69) is 23.6 Å². The number of carbonyl (C=O) groups excluding carboxylic acids is 1. The molecule has 1 atom stereocenters. The predicted molar refractivity (Wildman–Crippen MR) is 161 cm³/mol. The number of piperazine rings is 1. The number of benzene rings is 2. The van der Waals surface area contributed by atoms with Crippen molar-refractivity contribution in [2.24, 2.45) is 10.8 Å². The number of rotatable bonds is 10. The summed E-state index contributed by atoms with van der Waals surface area (Å²) in [5, 5.41) is 2.10. The molecule has 5 rings (SSSR count). The summed E-state index contributed by atoms with van der Waals surface area (Å²) in [5.74, 6) is 0.434. The number of anilines is 1. The molecule has 0 spiro atoms. The van der Waals surface area contributed by atoms with Crippen molar-refractivity contribution in [2.75, 3.05) is 44.2 Å². The Morgan fingerprint density at radius 2 is 1.70 bits per heavy atom. The van der Waals surface area contributed by atoms with E-state index in [0.717, 1.165) is 63.1 Å². The Morgan fingerprint density at radius 3 is 2.42 bits per heavy atom. The smallest absolute Gasteiger partial charge is 0.314 e. The van der Waals surface area contributed by atoms with Gasteiger partial charge in [0.15, 0.2) is 6.73 Å². The molecule has 2 fully saturated rings. The molecule has 2 aliphatic rings. The molecule has 2 aromatic carbocycles. The standard InChI is InChI=1S/C31H37Cl2N3O4/c1-30(2)20-31(30,3)29(38)40-21-36-26-19-23(11-9-22(26)10-12-27(36)37)39-18-5-4-13-34-14-16-35(17-15-34)25-8-6-7-24(32)28(25)33/h6-12,19H,4-5,13-18,20-21H2,1-3H3. The molecule has 0 amide bonds. The summed E-state index contributed by atoms with van der Waals surface area (Å²) < 4.78 is 13.1. The van der Waals surface area contributed by atoms with E-state index < -0.39 is 5.41 Å². The van der Waals surface area contributed by atoms with Gasteiger partial charge in [0, 0.05) is 38.3 Å². The van der Waals surface area contributed by atoms with Crippen molar-refractivity contribution in [1.82, 2.24) is 9.47 Å². The van der Waals surface area contributed by atoms with Crippen LogP contribution in [-0.2, 0) is 16.3 Å². The SMILES string of the molecule is CC1(C)CC1(C)C(=O)OCn1c(=O)ccc2ccc(OCCCCN3CCN(c4cccc(Cl)c4Cl)CC3)cc21. The van der Waals surface area contributed by atoms with Crippen LogP contribution in [0.25, 0.3) is 10.9 Å². The topological polar surface area (TPSA) is 64.0 Å². The zero-order valence-corrected chi connectivity index (χ0v) is 24.9. The van der Waals surface area contributed by atoms with Crippen molar-refractivity contribution in [3.8, 4) is 5.75 Å². The van der Waals surface area contributed by atoms with Gasteiger partial charge in [0.05, 0.1) is 33.3 Å². The van der Waals surface area contributed by atoms with Crippen molar-refractivity contribution < 1.29 is 14.3 Å². The van der Waals surface area contributed by atoms with Gasteiger partial charge in [-0.05, 0) is 73.9 Å². The Labute approximate surface area is 245 Å². The molecular weight excluding hydrogens is 549 g/mol. The van der Waals surface area contributed by atoms with E-state index in [1.807, 2.05) is 43.3 Å². The summed E-state index contributed by atoms with van der Waals surface area (Å²) in [6.45, 7) is 11.3. The van der Waals surface area contributed by atoms with Crippen LogP contribution in [0.3, 0.4) is 0 Å². The van der Waals surface area contributed by atoms with Gasteiger partial charge in [-0.3, -0.25) is 19.1 Å². The fourth-order valence-corrected chi connectivity index (χ4v) is 5.95. The molecule has 1 saturated heterocycles. The van der Waals surface area contributed by atoms with Crippen LogP contribution in [0.15, 0.2) is 53.3 Å². The van der Waals surface area contributed by atoms with Gasteiger partial charge in [-0.1, -0.05) is 43.1 Å². The Morgan fingerprint density at radius 1 is 0.975 bits per heavy atom. The number of fused-ring (bicyclic) bond motifs is 1. The van der Waals surface area contributed by atoms with Crippen molar-refractivity contribution in [2.45, 2.75) is 46.8 Å². The van der Waals surface area contributed by atoms with E-state index in [1.54, 1.807) is 6.07 Å². The first-order valence-corrected chi connectivity index (χ1v) is 14.7. The number of pyridine rings is 1. The van der Waals surface area contributed by atoms with Gasteiger partial charge in [-0.15, -0.1) is 0 Å². The number of hydrogen-bond acceptors (Lipinski definition) is 6. The number of nitrogens with zero attached hydrogens (tertiary/aromatic N) is 3. The molecule has 0 radical (unpaired) electrons. The molecular formula is C31H37Cl2N3O4. The lowest BCUT2D eigenvalue weighted by molar-refractivity contribution is -0.154. The zero-order valence-electron chi connectivity index (χ0n) is 23.4. The third-order valence-electron chi connectivity index (χ3n) is 8.69. The minimum absolute atomic E-state index is 0.0750. The molecule has 2 heterocycles. The Balaban J connectivity index is 1.09. The molecule has 1 aromatic heterocycles. The second-order valence-electron chi connectivity index (χ2n) is 11.7. The number of aromatic nitrogens is 1. The quantitative estimate of drug-likeness (QED) is 0.208. The maximum Gasteiger partial charge on any atom is 0.314 e. The third kappa shape index (κ3) is 5.97. The summed E-state index contributed by atoms with van der Waals surface area (Å²) in [6.07, 6.45) is 2.74. The molecule has 40 heavy (non-hydrogen) atoms. The molecule has 1 aliphatic heterocycles. The number of esters is 1. The van der Waals surface area contributed by atoms with Crippen LogP contribution in [0, 0.1) is 10.8 Å². The lowest BCUT2D eigenvalue weighted by Crippen LogP contribution is -2.46. The molecule has 0 bridgehead atoms. The van der Waals surface area contributed by atoms with Gasteiger partial charge in [0.1, 0.15) is 5.75 Å². The molecule has 9 heteroatoms. The van der Waals surface area contributed by atoms with Crippen LogP contribution in [-0.4, -0.2) is 54.8 Å². The fourth-order valence-electron chi connectivity index (χ4n) is 5.54. The molecule has 7 nitrogen and oxygen atoms in total. The molecule has 0 N–H and O–H groups in total. The summed E-state index contributed by atoms with van der Waals surface area (Å²) in [4.78, 5) is 30.1. The van der Waals surface area contributed by atoms with E-state index in [4.69, 9.17) is 32.7 Å². The van der Waals surface area contributed by atoms with Gasteiger partial charge in [-0.25, -0.2) is 0 Å². The number of halogens is 2. The van der Waals surface area contributed by atoms with E-state index in [1.165, 1.54) is 10.6 Å². The van der Waals surface area contributed by atoms with Crippen molar-refractivity contribution in [3.63, 3.8) is 0 Å². The average Bonchev–Trinajstić information content (AvgIpc) is 3.47. The van der Waals surface area contributed by atoms with E-state index >= 15 is 0 Å². The minimum Gasteiger partial charge on any atom is -0.494 e. The predicted octanol–water partition coefficient (Wildman–Crippen LogP) is 6.23. The molecule has 1 aliphatic carbocycles. The molecule has 1 saturated carbocycles. The van der Waals surface area contributed by atoms with Gasteiger partial charge < -0.3 is 14.4 Å². The average molecular weight is 587 g/mol. The van der Waals surface area contributed by atoms with Crippen LogP contribution < -0.4 is 15.2 Å². The van der Waals surface area contributed by atoms with Crippen LogP contribution in [0.1, 0.15) is 40.0 Å². The molecule has 214 valence electrons. The van der Waals surface area contributed by atoms with Crippen LogP contribution >= 0.6 is 23.2 Å². The van der Waals surface area contributed by atoms with Gasteiger partial charge >= 0.3 is 5.97 Å². The summed E-state index contributed by atoms with van der Waals surface area (Å²) in [7, 11) is 0. The second kappa shape index (κ2) is 11.6. The highest BCUT2D eigenvalue weighted by Gasteiger charge is 2.63. The lowest BCUT2D eigenvalue weighted by Gasteiger charge is -2.36. The first kappa shape index (κ1) is 28.8. The maximum atomic E-state index is 12.7. The third-order valence-corrected chi connectivity index (χ3v) is 9.49. The van der Waals surface area contributed by atoms with Crippen molar-refractivity contribution in [3.05, 3.63) is 68.9 Å². The van der Waals surface area contributed by atoms with Crippen LogP contribution in [0.4, 0.5) is 5.69 Å².